The number of piperidine rings is 1. The molecule has 23 heavy (non-hydrogen) atoms. The van der Waals surface area contributed by atoms with Crippen LogP contribution in [0.15, 0.2) is 29.6 Å². The molecule has 0 aliphatic carbocycles. The predicted octanol–water partition coefficient (Wildman–Crippen LogP) is 0.723. The van der Waals surface area contributed by atoms with E-state index in [1.54, 1.807) is 29.3 Å². The highest BCUT2D eigenvalue weighted by molar-refractivity contribution is 7.90. The molecule has 1 fully saturated rings. The maximum atomic E-state index is 12.7. The van der Waals surface area contributed by atoms with Crippen LogP contribution >= 0.6 is 12.4 Å². The third-order valence-electron chi connectivity index (χ3n) is 3.80. The van der Waals surface area contributed by atoms with E-state index in [1.165, 1.54) is 4.40 Å². The van der Waals surface area contributed by atoms with Crippen LogP contribution in [0.1, 0.15) is 23.3 Å². The minimum absolute atomic E-state index is 0. The van der Waals surface area contributed by atoms with Gasteiger partial charge in [0.05, 0.1) is 5.52 Å². The summed E-state index contributed by atoms with van der Waals surface area (Å²) in [5.41, 5.74) is 6.57. The van der Waals surface area contributed by atoms with E-state index in [0.29, 0.717) is 18.6 Å². The Labute approximate surface area is 140 Å². The number of aromatic nitrogens is 2. The smallest absolute Gasteiger partial charge is 0.274 e. The van der Waals surface area contributed by atoms with Crippen LogP contribution in [0.2, 0.25) is 0 Å². The summed E-state index contributed by atoms with van der Waals surface area (Å²) in [4.78, 5) is 18.5. The lowest BCUT2D eigenvalue weighted by Crippen LogP contribution is -2.45. The Morgan fingerprint density at radius 3 is 2.78 bits per heavy atom. The van der Waals surface area contributed by atoms with Gasteiger partial charge in [0.2, 0.25) is 15.0 Å². The van der Waals surface area contributed by atoms with Crippen LogP contribution in [0.4, 0.5) is 0 Å². The number of carbonyl (C=O) groups is 1. The number of pyridine rings is 1. The van der Waals surface area contributed by atoms with E-state index in [9.17, 15) is 13.2 Å². The molecule has 3 heterocycles. The minimum Gasteiger partial charge on any atom is -0.336 e. The largest absolute Gasteiger partial charge is 0.336 e. The molecule has 7 nitrogen and oxygen atoms in total. The van der Waals surface area contributed by atoms with Gasteiger partial charge in [0.15, 0.2) is 5.69 Å². The summed E-state index contributed by atoms with van der Waals surface area (Å²) in [7, 11) is -3.53. The van der Waals surface area contributed by atoms with Crippen molar-refractivity contribution in [3.05, 3.63) is 30.1 Å². The lowest BCUT2D eigenvalue weighted by molar-refractivity contribution is 0.0705. The van der Waals surface area contributed by atoms with Gasteiger partial charge in [-0.2, -0.15) is 0 Å². The Morgan fingerprint density at radius 2 is 2.13 bits per heavy atom. The van der Waals surface area contributed by atoms with Crippen molar-refractivity contribution >= 4 is 33.7 Å². The van der Waals surface area contributed by atoms with Gasteiger partial charge in [-0.25, -0.2) is 13.4 Å². The average molecular weight is 359 g/mol. The second-order valence-corrected chi connectivity index (χ2v) is 7.53. The van der Waals surface area contributed by atoms with Gasteiger partial charge in [-0.05, 0) is 25.0 Å². The SMILES string of the molecule is CS(=O)(=O)c1nc(C(=O)N2CCCC(N)C2)c2ccccn12.Cl. The molecule has 1 saturated heterocycles. The molecule has 0 aromatic carbocycles. The van der Waals surface area contributed by atoms with Crippen LogP contribution in [0.3, 0.4) is 0 Å². The fourth-order valence-corrected chi connectivity index (χ4v) is 3.55. The summed E-state index contributed by atoms with van der Waals surface area (Å²) in [6, 6.07) is 5.11. The molecule has 2 N–H and O–H groups in total. The van der Waals surface area contributed by atoms with Gasteiger partial charge in [0.25, 0.3) is 5.91 Å². The lowest BCUT2D eigenvalue weighted by Gasteiger charge is -2.30. The first-order valence-corrected chi connectivity index (χ1v) is 8.99. The Morgan fingerprint density at radius 1 is 1.39 bits per heavy atom. The third kappa shape index (κ3) is 3.34. The highest BCUT2D eigenvalue weighted by Crippen LogP contribution is 2.20. The molecule has 0 radical (unpaired) electrons. The van der Waals surface area contributed by atoms with Crippen LogP contribution in [-0.4, -0.2) is 54.0 Å². The number of nitrogens with zero attached hydrogens (tertiary/aromatic N) is 3. The maximum absolute atomic E-state index is 12.7. The van der Waals surface area contributed by atoms with Crippen molar-refractivity contribution in [1.82, 2.24) is 14.3 Å². The molecule has 1 aliphatic rings. The number of amides is 1. The number of sulfone groups is 1. The van der Waals surface area contributed by atoms with Crippen LogP contribution < -0.4 is 5.73 Å². The quantitative estimate of drug-likeness (QED) is 0.853. The Kier molecular flexibility index (Phi) is 4.98. The van der Waals surface area contributed by atoms with Crippen LogP contribution in [0.25, 0.3) is 5.52 Å². The van der Waals surface area contributed by atoms with E-state index in [1.807, 2.05) is 0 Å². The molecule has 2 aromatic heterocycles. The lowest BCUT2D eigenvalue weighted by atomic mass is 10.1. The predicted molar refractivity (Wildman–Crippen MR) is 88.7 cm³/mol. The van der Waals surface area contributed by atoms with Gasteiger partial charge in [-0.3, -0.25) is 9.20 Å². The van der Waals surface area contributed by atoms with Crippen molar-refractivity contribution in [3.63, 3.8) is 0 Å². The van der Waals surface area contributed by atoms with Crippen LogP contribution in [0.5, 0.6) is 0 Å². The fraction of sp³-hybridized carbons (Fsp3) is 0.429. The second-order valence-electron chi connectivity index (χ2n) is 5.62. The molecule has 2 aromatic rings. The van der Waals surface area contributed by atoms with Gasteiger partial charge in [0, 0.05) is 31.6 Å². The molecular formula is C14H19ClN4O3S. The van der Waals surface area contributed by atoms with Crippen LogP contribution in [-0.2, 0) is 9.84 Å². The van der Waals surface area contributed by atoms with E-state index >= 15 is 0 Å². The van der Waals surface area contributed by atoms with Crippen molar-refractivity contribution in [1.29, 1.82) is 0 Å². The molecule has 1 unspecified atom stereocenters. The fourth-order valence-electron chi connectivity index (χ4n) is 2.77. The van der Waals surface area contributed by atoms with Gasteiger partial charge in [0.1, 0.15) is 0 Å². The molecule has 3 rings (SSSR count). The highest BCUT2D eigenvalue weighted by Gasteiger charge is 2.28. The van der Waals surface area contributed by atoms with Crippen molar-refractivity contribution in [2.45, 2.75) is 24.0 Å². The first kappa shape index (κ1) is 17.7. The van der Waals surface area contributed by atoms with E-state index in [2.05, 4.69) is 4.98 Å². The van der Waals surface area contributed by atoms with E-state index < -0.39 is 9.84 Å². The summed E-state index contributed by atoms with van der Waals surface area (Å²) in [5, 5.41) is -0.118. The zero-order valence-electron chi connectivity index (χ0n) is 12.7. The number of rotatable bonds is 2. The van der Waals surface area contributed by atoms with Gasteiger partial charge in [-0.1, -0.05) is 6.07 Å². The Balaban J connectivity index is 0.00000192. The van der Waals surface area contributed by atoms with Gasteiger partial charge in [-0.15, -0.1) is 12.4 Å². The molecule has 126 valence electrons. The zero-order chi connectivity index (χ0) is 15.9. The molecular weight excluding hydrogens is 340 g/mol. The monoisotopic (exact) mass is 358 g/mol. The summed E-state index contributed by atoms with van der Waals surface area (Å²) in [5.74, 6) is -0.270. The van der Waals surface area contributed by atoms with E-state index in [-0.39, 0.29) is 35.2 Å². The van der Waals surface area contributed by atoms with Gasteiger partial charge < -0.3 is 10.6 Å². The highest BCUT2D eigenvalue weighted by atomic mass is 35.5. The topological polar surface area (TPSA) is 97.8 Å². The van der Waals surface area contributed by atoms with Crippen molar-refractivity contribution in [2.75, 3.05) is 19.3 Å². The second kappa shape index (κ2) is 6.46. The van der Waals surface area contributed by atoms with Crippen molar-refractivity contribution in [3.8, 4) is 0 Å². The maximum Gasteiger partial charge on any atom is 0.274 e. The first-order chi connectivity index (χ1) is 10.4. The molecule has 1 aliphatic heterocycles. The standard InChI is InChI=1S/C14H18N4O3S.ClH/c1-22(20,21)14-16-12(11-6-2-3-8-18(11)14)13(19)17-7-4-5-10(15)9-17;/h2-3,6,8,10H,4-5,7,9,15H2,1H3;1H. The molecule has 9 heteroatoms. The first-order valence-electron chi connectivity index (χ1n) is 7.10. The minimum atomic E-state index is -3.53. The molecule has 1 atom stereocenters. The molecule has 0 saturated carbocycles. The molecule has 0 bridgehead atoms. The number of hydrogen-bond acceptors (Lipinski definition) is 5. The number of imidazole rings is 1. The number of likely N-dealkylation sites (tertiary alicyclic amines) is 1. The number of hydrogen-bond donors (Lipinski definition) is 1. The zero-order valence-corrected chi connectivity index (χ0v) is 14.3. The Hall–Kier alpha value is -1.64. The Bertz CT molecular complexity index is 834. The van der Waals surface area contributed by atoms with E-state index in [0.717, 1.165) is 19.1 Å². The molecule has 1 amide bonds. The van der Waals surface area contributed by atoms with E-state index in [4.69, 9.17) is 5.73 Å². The summed E-state index contributed by atoms with van der Waals surface area (Å²) in [6.45, 7) is 1.09. The number of fused-ring (bicyclic) bond motifs is 1. The summed E-state index contributed by atoms with van der Waals surface area (Å²) < 4.78 is 25.2. The molecule has 0 spiro atoms. The summed E-state index contributed by atoms with van der Waals surface area (Å²) in [6.07, 6.45) is 4.41. The normalized spacial score (nSPS) is 18.7. The van der Waals surface area contributed by atoms with Crippen LogP contribution in [0, 0.1) is 0 Å². The third-order valence-corrected chi connectivity index (χ3v) is 4.75. The average Bonchev–Trinajstić information content (AvgIpc) is 2.86. The van der Waals surface area contributed by atoms with Crippen molar-refractivity contribution < 1.29 is 13.2 Å². The number of carbonyl (C=O) groups excluding carboxylic acids is 1. The number of nitrogens with two attached hydrogens (primary N) is 1. The number of halogens is 1. The van der Waals surface area contributed by atoms with Gasteiger partial charge >= 0.3 is 0 Å². The summed E-state index contributed by atoms with van der Waals surface area (Å²) >= 11 is 0. The van der Waals surface area contributed by atoms with Crippen molar-refractivity contribution in [2.24, 2.45) is 5.73 Å².